The molecular weight excluding hydrogens is 498 g/mol. The molecule has 1 aliphatic heterocycles. The zero-order chi connectivity index (χ0) is 24.1. The van der Waals surface area contributed by atoms with Crippen LogP contribution in [0.4, 0.5) is 0 Å². The van der Waals surface area contributed by atoms with E-state index in [0.717, 1.165) is 71.3 Å². The highest BCUT2D eigenvalue weighted by Gasteiger charge is 2.24. The summed E-state index contributed by atoms with van der Waals surface area (Å²) in [6.45, 7) is 2.28. The summed E-state index contributed by atoms with van der Waals surface area (Å²) in [6, 6.07) is 14.0. The van der Waals surface area contributed by atoms with Crippen LogP contribution in [-0.4, -0.2) is 54.8 Å². The topological polar surface area (TPSA) is 76.1 Å². The minimum Gasteiger partial charge on any atom is -0.489 e. The molecule has 4 rings (SSSR count). The Morgan fingerprint density at radius 2 is 1.97 bits per heavy atom. The number of carbonyl (C=O) groups excluding carboxylic acids is 1. The van der Waals surface area contributed by atoms with E-state index in [-0.39, 0.29) is 12.1 Å². The van der Waals surface area contributed by atoms with Crippen molar-refractivity contribution < 1.29 is 24.2 Å². The fraction of sp³-hybridized carbons (Fsp3) is 0.333. The number of aliphatic carboxylic acids is 1. The highest BCUT2D eigenvalue weighted by atomic mass is 79.9. The number of carbonyl (C=O) groups is 2. The van der Waals surface area contributed by atoms with E-state index >= 15 is 0 Å². The summed E-state index contributed by atoms with van der Waals surface area (Å²) in [5.41, 5.74) is 5.10. The van der Waals surface area contributed by atoms with Crippen molar-refractivity contribution in [3.8, 4) is 5.75 Å². The molecule has 1 saturated heterocycles. The van der Waals surface area contributed by atoms with Crippen molar-refractivity contribution in [3.63, 3.8) is 0 Å². The number of carboxylic acid groups (broad SMARTS) is 1. The molecule has 1 atom stereocenters. The summed E-state index contributed by atoms with van der Waals surface area (Å²) < 4.78 is 12.2. The Balaban J connectivity index is 1.47. The van der Waals surface area contributed by atoms with Gasteiger partial charge < -0.3 is 14.6 Å². The molecule has 6 nitrogen and oxygen atoms in total. The average molecular weight is 526 g/mol. The molecule has 0 radical (unpaired) electrons. The molecule has 1 N–H and O–H groups in total. The van der Waals surface area contributed by atoms with Crippen LogP contribution in [0.5, 0.6) is 5.75 Å². The first kappa shape index (κ1) is 24.2. The Labute approximate surface area is 208 Å². The second-order valence-corrected chi connectivity index (χ2v) is 9.51. The molecule has 2 aliphatic rings. The fourth-order valence-corrected chi connectivity index (χ4v) is 5.28. The lowest BCUT2D eigenvalue weighted by molar-refractivity contribution is -0.131. The van der Waals surface area contributed by atoms with Gasteiger partial charge in [0.2, 0.25) is 0 Å². The quantitative estimate of drug-likeness (QED) is 0.402. The highest BCUT2D eigenvalue weighted by molar-refractivity contribution is 9.11. The van der Waals surface area contributed by atoms with E-state index in [1.807, 2.05) is 30.3 Å². The number of likely N-dealkylation sites (tertiary alicyclic amines) is 1. The molecular formula is C27H28BrNO5. The lowest BCUT2D eigenvalue weighted by atomic mass is 9.92. The molecule has 0 aromatic heterocycles. The number of hydrogen-bond acceptors (Lipinski definition) is 5. The van der Waals surface area contributed by atoms with Crippen LogP contribution in [0, 0.1) is 0 Å². The number of fused-ring (bicyclic) bond motifs is 1. The molecule has 1 fully saturated rings. The summed E-state index contributed by atoms with van der Waals surface area (Å²) in [6.07, 6.45) is 6.69. The van der Waals surface area contributed by atoms with Crippen LogP contribution in [0.25, 0.3) is 5.57 Å². The maximum absolute atomic E-state index is 12.0. The molecule has 34 heavy (non-hydrogen) atoms. The van der Waals surface area contributed by atoms with E-state index in [1.54, 1.807) is 6.08 Å². The van der Waals surface area contributed by atoms with Crippen LogP contribution >= 0.6 is 15.9 Å². The zero-order valence-electron chi connectivity index (χ0n) is 19.1. The van der Waals surface area contributed by atoms with Gasteiger partial charge in [0.15, 0.2) is 0 Å². The van der Waals surface area contributed by atoms with Gasteiger partial charge in [-0.15, -0.1) is 0 Å². The first-order chi connectivity index (χ1) is 16.4. The predicted molar refractivity (Wildman–Crippen MR) is 134 cm³/mol. The number of aryl methyl sites for hydroxylation is 1. The number of methoxy groups -OCH3 is 1. The summed E-state index contributed by atoms with van der Waals surface area (Å²) in [5.74, 6) is -0.418. The molecule has 0 saturated carbocycles. The van der Waals surface area contributed by atoms with Crippen molar-refractivity contribution in [2.45, 2.75) is 31.8 Å². The zero-order valence-corrected chi connectivity index (χ0v) is 20.7. The Bertz CT molecular complexity index is 1120. The van der Waals surface area contributed by atoms with E-state index in [1.165, 1.54) is 13.2 Å². The number of allylic oxidation sites excluding steroid dienone is 1. The number of rotatable bonds is 7. The molecule has 0 spiro atoms. The lowest BCUT2D eigenvalue weighted by Gasteiger charge is -2.17. The Kier molecular flexibility index (Phi) is 7.85. The Morgan fingerprint density at radius 3 is 2.71 bits per heavy atom. The van der Waals surface area contributed by atoms with E-state index < -0.39 is 5.97 Å². The van der Waals surface area contributed by atoms with Crippen LogP contribution in [0.1, 0.15) is 46.3 Å². The number of nitrogens with zero attached hydrogens (tertiary/aromatic N) is 1. The molecule has 0 unspecified atom stereocenters. The third-order valence-electron chi connectivity index (χ3n) is 6.21. The number of hydrogen-bond donors (Lipinski definition) is 1. The molecule has 7 heteroatoms. The second kappa shape index (κ2) is 11.0. The van der Waals surface area contributed by atoms with Crippen molar-refractivity contribution in [2.75, 3.05) is 26.7 Å². The smallest absolute Gasteiger partial charge is 0.337 e. The van der Waals surface area contributed by atoms with E-state index in [2.05, 4.69) is 33.0 Å². The lowest BCUT2D eigenvalue weighted by Crippen LogP contribution is -2.25. The molecule has 1 aliphatic carbocycles. The van der Waals surface area contributed by atoms with Crippen LogP contribution < -0.4 is 4.74 Å². The largest absolute Gasteiger partial charge is 0.489 e. The van der Waals surface area contributed by atoms with Crippen LogP contribution in [0.15, 0.2) is 59.1 Å². The van der Waals surface area contributed by atoms with E-state index in [0.29, 0.717) is 12.1 Å². The van der Waals surface area contributed by atoms with Gasteiger partial charge in [0.25, 0.3) is 0 Å². The van der Waals surface area contributed by atoms with Gasteiger partial charge in [0, 0.05) is 30.2 Å². The van der Waals surface area contributed by atoms with Crippen LogP contribution in [-0.2, 0) is 16.0 Å². The van der Waals surface area contributed by atoms with Gasteiger partial charge in [-0.25, -0.2) is 9.59 Å². The van der Waals surface area contributed by atoms with Gasteiger partial charge in [-0.1, -0.05) is 40.2 Å². The summed E-state index contributed by atoms with van der Waals surface area (Å²) in [7, 11) is 1.40. The van der Waals surface area contributed by atoms with Crippen LogP contribution in [0.3, 0.4) is 0 Å². The number of esters is 1. The van der Waals surface area contributed by atoms with Gasteiger partial charge in [-0.2, -0.15) is 0 Å². The maximum atomic E-state index is 12.0. The average Bonchev–Trinajstić information content (AvgIpc) is 3.19. The summed E-state index contributed by atoms with van der Waals surface area (Å²) in [5, 5.41) is 8.73. The monoisotopic (exact) mass is 525 g/mol. The summed E-state index contributed by atoms with van der Waals surface area (Å²) >= 11 is 3.81. The van der Waals surface area contributed by atoms with Gasteiger partial charge in [-0.05, 0) is 72.2 Å². The molecule has 178 valence electrons. The number of ether oxygens (including phenoxy) is 2. The first-order valence-electron chi connectivity index (χ1n) is 11.4. The molecule has 2 aromatic rings. The van der Waals surface area contributed by atoms with Gasteiger partial charge in [-0.3, -0.25) is 4.90 Å². The maximum Gasteiger partial charge on any atom is 0.337 e. The van der Waals surface area contributed by atoms with E-state index in [4.69, 9.17) is 14.6 Å². The van der Waals surface area contributed by atoms with Gasteiger partial charge in [0.05, 0.1) is 12.7 Å². The normalized spacial score (nSPS) is 18.6. The molecule has 1 heterocycles. The summed E-state index contributed by atoms with van der Waals surface area (Å²) in [4.78, 5) is 24.8. The standard InChI is InChI=1S/C27H28BrNO5/c1-33-27(32)20-9-12-23-19(16-20)4-2-5-24(28)26(23)18-7-10-21(11-8-18)34-22-13-15-29(17-22)14-3-6-25(30)31/h3,6-12,16,22H,2,4-5,13-15,17H2,1H3,(H,30,31)/b6-3+/t22-/m0/s1. The first-order valence-corrected chi connectivity index (χ1v) is 12.2. The Morgan fingerprint density at radius 1 is 1.18 bits per heavy atom. The van der Waals surface area contributed by atoms with Crippen molar-refractivity contribution in [1.29, 1.82) is 0 Å². The van der Waals surface area contributed by atoms with Crippen molar-refractivity contribution in [2.24, 2.45) is 0 Å². The number of halogens is 1. The van der Waals surface area contributed by atoms with Crippen LogP contribution in [0.2, 0.25) is 0 Å². The molecule has 2 aromatic carbocycles. The van der Waals surface area contributed by atoms with Gasteiger partial charge in [0.1, 0.15) is 11.9 Å². The fourth-order valence-electron chi connectivity index (χ4n) is 4.56. The Hall–Kier alpha value is -2.90. The van der Waals surface area contributed by atoms with Crippen molar-refractivity contribution >= 4 is 33.4 Å². The third-order valence-corrected chi connectivity index (χ3v) is 7.00. The highest BCUT2D eigenvalue weighted by Crippen LogP contribution is 2.38. The second-order valence-electron chi connectivity index (χ2n) is 8.55. The number of benzene rings is 2. The molecule has 0 bridgehead atoms. The van der Waals surface area contributed by atoms with Crippen molar-refractivity contribution in [3.05, 3.63) is 81.4 Å². The minimum absolute atomic E-state index is 0.0883. The molecule has 0 amide bonds. The van der Waals surface area contributed by atoms with Gasteiger partial charge >= 0.3 is 11.9 Å². The minimum atomic E-state index is -0.922. The van der Waals surface area contributed by atoms with Crippen molar-refractivity contribution in [1.82, 2.24) is 4.90 Å². The number of carboxylic acids is 1. The third kappa shape index (κ3) is 5.77. The SMILES string of the molecule is COC(=O)c1ccc2c(c1)CCCC(Br)=C2c1ccc(O[C@H]2CCN(C/C=C/C(=O)O)C2)cc1. The van der Waals surface area contributed by atoms with E-state index in [9.17, 15) is 9.59 Å². The predicted octanol–water partition coefficient (Wildman–Crippen LogP) is 5.06.